The summed E-state index contributed by atoms with van der Waals surface area (Å²) in [5.41, 5.74) is 0.478. The summed E-state index contributed by atoms with van der Waals surface area (Å²) in [7, 11) is 0. The van der Waals surface area contributed by atoms with Crippen LogP contribution in [0.25, 0.3) is 10.9 Å². The molecule has 0 spiro atoms. The highest BCUT2D eigenvalue weighted by Crippen LogP contribution is 2.52. The SMILES string of the molecule is CC(C)(CCO)c1cc2cc(NC(=O)C3(c4ccc5c(c4)OC(F)(F)O5)CC3)c(F)cc2n1CCO.[HH]. The number of ether oxygens (including phenoxy) is 2. The standard InChI is InChI=1S/C26H27F3N2O5.H2/c1-24(2,7-9-32)22-12-15-11-18(17(27)14-19(15)31(22)8-10-33)30-23(34)25(5-6-25)16-3-4-20-21(13-16)36-26(28,29)35-20;/h3-4,11-14,32-33H,5-10H2,1-2H3,(H,30,34);1H. The largest absolute Gasteiger partial charge is 0.586 e. The summed E-state index contributed by atoms with van der Waals surface area (Å²) >= 11 is 0. The zero-order valence-corrected chi connectivity index (χ0v) is 19.9. The molecule has 2 aliphatic rings. The van der Waals surface area contributed by atoms with Gasteiger partial charge in [-0.3, -0.25) is 4.79 Å². The van der Waals surface area contributed by atoms with Gasteiger partial charge in [-0.05, 0) is 49.1 Å². The Balaban J connectivity index is 0.00000320. The van der Waals surface area contributed by atoms with Crippen LogP contribution in [0, 0.1) is 5.82 Å². The molecule has 1 aliphatic carbocycles. The van der Waals surface area contributed by atoms with E-state index < -0.39 is 28.8 Å². The Morgan fingerprint density at radius 2 is 1.83 bits per heavy atom. The van der Waals surface area contributed by atoms with Crippen molar-refractivity contribution >= 4 is 22.5 Å². The minimum absolute atomic E-state index is 0. The van der Waals surface area contributed by atoms with E-state index in [1.807, 2.05) is 24.5 Å². The first kappa shape index (κ1) is 24.5. The van der Waals surface area contributed by atoms with Gasteiger partial charge in [-0.15, -0.1) is 8.78 Å². The van der Waals surface area contributed by atoms with Crippen LogP contribution in [-0.4, -0.2) is 40.2 Å². The topological polar surface area (TPSA) is 93.0 Å². The van der Waals surface area contributed by atoms with Gasteiger partial charge in [0.25, 0.3) is 0 Å². The fourth-order valence-corrected chi connectivity index (χ4v) is 4.95. The maximum absolute atomic E-state index is 15.2. The molecule has 5 rings (SSSR count). The average Bonchev–Trinajstić information content (AvgIpc) is 3.45. The molecule has 0 radical (unpaired) electrons. The zero-order valence-electron chi connectivity index (χ0n) is 19.9. The lowest BCUT2D eigenvalue weighted by atomic mass is 9.85. The lowest BCUT2D eigenvalue weighted by molar-refractivity contribution is -0.286. The van der Waals surface area contributed by atoms with Gasteiger partial charge in [0.15, 0.2) is 11.5 Å². The number of aromatic nitrogens is 1. The average molecular weight is 507 g/mol. The molecular weight excluding hydrogens is 477 g/mol. The number of aliphatic hydroxyl groups is 2. The smallest absolute Gasteiger partial charge is 0.396 e. The lowest BCUT2D eigenvalue weighted by Gasteiger charge is -2.26. The normalized spacial score (nSPS) is 17.4. The van der Waals surface area contributed by atoms with Crippen LogP contribution in [0.15, 0.2) is 36.4 Å². The molecule has 10 heteroatoms. The number of halogens is 3. The fourth-order valence-electron chi connectivity index (χ4n) is 4.95. The number of alkyl halides is 2. The summed E-state index contributed by atoms with van der Waals surface area (Å²) in [4.78, 5) is 13.3. The third-order valence-electron chi connectivity index (χ3n) is 7.13. The van der Waals surface area contributed by atoms with E-state index in [-0.39, 0.29) is 38.4 Å². The number of hydrogen-bond donors (Lipinski definition) is 3. The summed E-state index contributed by atoms with van der Waals surface area (Å²) in [6, 6.07) is 8.99. The van der Waals surface area contributed by atoms with Crippen molar-refractivity contribution in [2.24, 2.45) is 0 Å². The number of nitrogens with one attached hydrogen (secondary N) is 1. The number of anilines is 1. The molecule has 1 saturated carbocycles. The summed E-state index contributed by atoms with van der Waals surface area (Å²) in [6.45, 7) is 4.01. The molecule has 3 aromatic rings. The molecule has 36 heavy (non-hydrogen) atoms. The summed E-state index contributed by atoms with van der Waals surface area (Å²) in [6.07, 6.45) is -2.32. The van der Waals surface area contributed by atoms with Crippen LogP contribution in [0.4, 0.5) is 18.9 Å². The van der Waals surface area contributed by atoms with Crippen LogP contribution in [-0.2, 0) is 22.2 Å². The van der Waals surface area contributed by atoms with E-state index in [1.165, 1.54) is 18.2 Å². The first-order valence-electron chi connectivity index (χ1n) is 11.8. The van der Waals surface area contributed by atoms with E-state index in [9.17, 15) is 23.8 Å². The minimum atomic E-state index is -3.75. The van der Waals surface area contributed by atoms with Crippen molar-refractivity contribution in [1.82, 2.24) is 4.57 Å². The zero-order chi connectivity index (χ0) is 25.9. The maximum atomic E-state index is 15.2. The van der Waals surface area contributed by atoms with E-state index >= 15 is 4.39 Å². The van der Waals surface area contributed by atoms with Crippen molar-refractivity contribution in [3.8, 4) is 11.5 Å². The first-order valence-corrected chi connectivity index (χ1v) is 11.8. The number of fused-ring (bicyclic) bond motifs is 2. The van der Waals surface area contributed by atoms with Gasteiger partial charge < -0.3 is 29.6 Å². The van der Waals surface area contributed by atoms with Crippen LogP contribution in [0.5, 0.6) is 11.5 Å². The van der Waals surface area contributed by atoms with Gasteiger partial charge in [-0.25, -0.2) is 4.39 Å². The first-order chi connectivity index (χ1) is 17.0. The predicted octanol–water partition coefficient (Wildman–Crippen LogP) is 4.67. The number of carbonyl (C=O) groups is 1. The Bertz CT molecular complexity index is 1350. The predicted molar refractivity (Wildman–Crippen MR) is 128 cm³/mol. The van der Waals surface area contributed by atoms with Crippen molar-refractivity contribution in [3.63, 3.8) is 0 Å². The Hall–Kier alpha value is -3.24. The highest BCUT2D eigenvalue weighted by atomic mass is 19.3. The van der Waals surface area contributed by atoms with Gasteiger partial charge >= 0.3 is 6.29 Å². The van der Waals surface area contributed by atoms with E-state index in [4.69, 9.17) is 0 Å². The van der Waals surface area contributed by atoms with Gasteiger partial charge in [0.1, 0.15) is 5.82 Å². The van der Waals surface area contributed by atoms with Crippen molar-refractivity contribution < 1.29 is 39.1 Å². The minimum Gasteiger partial charge on any atom is -0.396 e. The monoisotopic (exact) mass is 506 g/mol. The molecule has 0 bridgehead atoms. The number of hydrogen-bond acceptors (Lipinski definition) is 5. The Labute approximate surface area is 206 Å². The van der Waals surface area contributed by atoms with E-state index in [2.05, 4.69) is 14.8 Å². The van der Waals surface area contributed by atoms with Crippen LogP contribution in [0.1, 0.15) is 45.8 Å². The second kappa shape index (κ2) is 8.41. The number of aliphatic hydroxyl groups excluding tert-OH is 2. The number of amides is 1. The van der Waals surface area contributed by atoms with Crippen LogP contribution < -0.4 is 14.8 Å². The highest BCUT2D eigenvalue weighted by molar-refractivity contribution is 6.02. The summed E-state index contributed by atoms with van der Waals surface area (Å²) in [5, 5.41) is 22.4. The van der Waals surface area contributed by atoms with Crippen LogP contribution >= 0.6 is 0 Å². The molecule has 1 fully saturated rings. The highest BCUT2D eigenvalue weighted by Gasteiger charge is 2.53. The number of nitrogens with zero attached hydrogens (tertiary/aromatic N) is 1. The maximum Gasteiger partial charge on any atom is 0.586 e. The van der Waals surface area contributed by atoms with Gasteiger partial charge in [0.05, 0.1) is 23.2 Å². The van der Waals surface area contributed by atoms with Gasteiger partial charge in [-0.2, -0.15) is 0 Å². The van der Waals surface area contributed by atoms with E-state index in [0.29, 0.717) is 35.7 Å². The van der Waals surface area contributed by atoms with E-state index in [0.717, 1.165) is 5.69 Å². The summed E-state index contributed by atoms with van der Waals surface area (Å²) in [5.74, 6) is -1.33. The molecular formula is C26H29F3N2O5. The van der Waals surface area contributed by atoms with Gasteiger partial charge in [0.2, 0.25) is 5.91 Å². The fraction of sp³-hybridized carbons (Fsp3) is 0.423. The molecule has 1 aromatic heterocycles. The van der Waals surface area contributed by atoms with Crippen molar-refractivity contribution in [2.45, 2.75) is 56.8 Å². The quantitative estimate of drug-likeness (QED) is 0.413. The van der Waals surface area contributed by atoms with Crippen LogP contribution in [0.3, 0.4) is 0 Å². The summed E-state index contributed by atoms with van der Waals surface area (Å²) < 4.78 is 52.7. The number of carbonyl (C=O) groups excluding carboxylic acids is 1. The molecule has 7 nitrogen and oxygen atoms in total. The molecule has 0 saturated heterocycles. The molecule has 2 heterocycles. The van der Waals surface area contributed by atoms with Crippen molar-refractivity contribution in [3.05, 3.63) is 53.5 Å². The molecule has 0 unspecified atom stereocenters. The van der Waals surface area contributed by atoms with Crippen molar-refractivity contribution in [1.29, 1.82) is 0 Å². The Morgan fingerprint density at radius 3 is 2.50 bits per heavy atom. The van der Waals surface area contributed by atoms with Crippen molar-refractivity contribution in [2.75, 3.05) is 18.5 Å². The second-order valence-electron chi connectivity index (χ2n) is 10.0. The Morgan fingerprint density at radius 1 is 1.11 bits per heavy atom. The lowest BCUT2D eigenvalue weighted by Crippen LogP contribution is -2.28. The molecule has 3 N–H and O–H groups in total. The molecule has 0 atom stereocenters. The molecule has 1 amide bonds. The van der Waals surface area contributed by atoms with Gasteiger partial charge in [0, 0.05) is 37.1 Å². The second-order valence-corrected chi connectivity index (χ2v) is 10.0. The molecule has 2 aromatic carbocycles. The number of benzene rings is 2. The van der Waals surface area contributed by atoms with Crippen LogP contribution in [0.2, 0.25) is 0 Å². The molecule has 194 valence electrons. The third kappa shape index (κ3) is 4.08. The van der Waals surface area contributed by atoms with E-state index in [1.54, 1.807) is 12.1 Å². The number of rotatable bonds is 8. The van der Waals surface area contributed by atoms with Gasteiger partial charge in [-0.1, -0.05) is 19.9 Å². The third-order valence-corrected chi connectivity index (χ3v) is 7.13. The molecule has 1 aliphatic heterocycles. The Kier molecular flexibility index (Phi) is 5.72.